The van der Waals surface area contributed by atoms with Gasteiger partial charge in [-0.2, -0.15) is 0 Å². The summed E-state index contributed by atoms with van der Waals surface area (Å²) < 4.78 is 5.43. The molecule has 0 spiro atoms. The minimum Gasteiger partial charge on any atom is -0.494 e. The lowest BCUT2D eigenvalue weighted by atomic mass is 9.92. The highest BCUT2D eigenvalue weighted by Crippen LogP contribution is 2.30. The van der Waals surface area contributed by atoms with Gasteiger partial charge in [-0.15, -0.1) is 0 Å². The van der Waals surface area contributed by atoms with Gasteiger partial charge in [0.15, 0.2) is 5.82 Å². The third kappa shape index (κ3) is 3.86. The largest absolute Gasteiger partial charge is 0.494 e. The molecule has 0 saturated heterocycles. The van der Waals surface area contributed by atoms with Crippen LogP contribution >= 0.6 is 0 Å². The molecule has 0 saturated carbocycles. The van der Waals surface area contributed by atoms with Crippen LogP contribution in [0, 0.1) is 0 Å². The van der Waals surface area contributed by atoms with Crippen LogP contribution in [0.2, 0.25) is 0 Å². The fourth-order valence-electron chi connectivity index (χ4n) is 3.45. The van der Waals surface area contributed by atoms with Crippen molar-refractivity contribution in [1.82, 2.24) is 20.3 Å². The summed E-state index contributed by atoms with van der Waals surface area (Å²) in [4.78, 5) is 26.0. The number of fused-ring (bicyclic) bond motifs is 1. The zero-order chi connectivity index (χ0) is 19.3. The molecular formula is C22H22N4O2. The van der Waals surface area contributed by atoms with Crippen molar-refractivity contribution in [2.75, 3.05) is 6.61 Å². The molecule has 6 heteroatoms. The van der Waals surface area contributed by atoms with E-state index in [-0.39, 0.29) is 11.9 Å². The molecular weight excluding hydrogens is 352 g/mol. The maximum atomic E-state index is 12.7. The molecule has 6 nitrogen and oxygen atoms in total. The summed E-state index contributed by atoms with van der Waals surface area (Å²) in [7, 11) is 0. The van der Waals surface area contributed by atoms with E-state index in [0.29, 0.717) is 18.0 Å². The standard InChI is InChI=1S/C22H22N4O2/c1-2-28-17-8-6-16(7-9-17)22(27)26-20-5-3-4-19-18(20)14-24-21(25-19)15-10-12-23-13-11-15/h6-14,20H,2-5H2,1H3,(H,26,27)/t20-/m1/s1. The number of hydrogen-bond donors (Lipinski definition) is 1. The molecule has 142 valence electrons. The van der Waals surface area contributed by atoms with Crippen LogP contribution in [0.3, 0.4) is 0 Å². The van der Waals surface area contributed by atoms with Crippen LogP contribution in [-0.4, -0.2) is 27.5 Å². The fraction of sp³-hybridized carbons (Fsp3) is 0.273. The van der Waals surface area contributed by atoms with Crippen molar-refractivity contribution in [3.63, 3.8) is 0 Å². The van der Waals surface area contributed by atoms with Crippen LogP contribution in [-0.2, 0) is 6.42 Å². The Morgan fingerprint density at radius 3 is 2.71 bits per heavy atom. The van der Waals surface area contributed by atoms with Gasteiger partial charge in [0, 0.05) is 41.0 Å². The first-order valence-corrected chi connectivity index (χ1v) is 9.54. The van der Waals surface area contributed by atoms with Gasteiger partial charge in [0.2, 0.25) is 0 Å². The Bertz CT molecular complexity index is 958. The molecule has 2 aromatic heterocycles. The molecule has 4 rings (SSSR count). The number of hydrogen-bond acceptors (Lipinski definition) is 5. The minimum atomic E-state index is -0.0980. The zero-order valence-electron chi connectivity index (χ0n) is 15.8. The SMILES string of the molecule is CCOc1ccc(C(=O)N[C@@H]2CCCc3nc(-c4ccncc4)ncc32)cc1. The second-order valence-electron chi connectivity index (χ2n) is 6.71. The van der Waals surface area contributed by atoms with Crippen LogP contribution < -0.4 is 10.1 Å². The number of aryl methyl sites for hydroxylation is 1. The molecule has 1 aliphatic carbocycles. The van der Waals surface area contributed by atoms with Gasteiger partial charge < -0.3 is 10.1 Å². The third-order valence-electron chi connectivity index (χ3n) is 4.85. The average molecular weight is 374 g/mol. The van der Waals surface area contributed by atoms with Crippen LogP contribution in [0.4, 0.5) is 0 Å². The number of amides is 1. The van der Waals surface area contributed by atoms with Crippen molar-refractivity contribution in [2.45, 2.75) is 32.2 Å². The van der Waals surface area contributed by atoms with Gasteiger partial charge >= 0.3 is 0 Å². The third-order valence-corrected chi connectivity index (χ3v) is 4.85. The number of nitrogens with one attached hydrogen (secondary N) is 1. The summed E-state index contributed by atoms with van der Waals surface area (Å²) in [5, 5.41) is 3.13. The molecule has 1 amide bonds. The molecule has 0 unspecified atom stereocenters. The normalized spacial score (nSPS) is 15.5. The van der Waals surface area contributed by atoms with Crippen LogP contribution in [0.1, 0.15) is 47.4 Å². The number of pyridine rings is 1. The topological polar surface area (TPSA) is 77.0 Å². The molecule has 0 fully saturated rings. The molecule has 0 aliphatic heterocycles. The van der Waals surface area contributed by atoms with E-state index < -0.39 is 0 Å². The maximum Gasteiger partial charge on any atom is 0.251 e. The molecule has 1 N–H and O–H groups in total. The number of carbonyl (C=O) groups excluding carboxylic acids is 1. The average Bonchev–Trinajstić information content (AvgIpc) is 2.75. The fourth-order valence-corrected chi connectivity index (χ4v) is 3.45. The summed E-state index contributed by atoms with van der Waals surface area (Å²) in [5.41, 5.74) is 3.57. The number of nitrogens with zero attached hydrogens (tertiary/aromatic N) is 3. The van der Waals surface area contributed by atoms with E-state index in [1.54, 1.807) is 24.5 Å². The van der Waals surface area contributed by atoms with Crippen molar-refractivity contribution >= 4 is 5.91 Å². The Morgan fingerprint density at radius 1 is 1.18 bits per heavy atom. The van der Waals surface area contributed by atoms with Gasteiger partial charge in [0.25, 0.3) is 5.91 Å². The number of carbonyl (C=O) groups is 1. The van der Waals surface area contributed by atoms with Gasteiger partial charge in [-0.25, -0.2) is 9.97 Å². The zero-order valence-corrected chi connectivity index (χ0v) is 15.8. The molecule has 0 bridgehead atoms. The van der Waals surface area contributed by atoms with Crippen LogP contribution in [0.5, 0.6) is 5.75 Å². The van der Waals surface area contributed by atoms with Crippen molar-refractivity contribution in [2.24, 2.45) is 0 Å². The molecule has 3 aromatic rings. The van der Waals surface area contributed by atoms with Gasteiger partial charge in [-0.1, -0.05) is 0 Å². The lowest BCUT2D eigenvalue weighted by Crippen LogP contribution is -2.31. The summed E-state index contributed by atoms with van der Waals surface area (Å²) >= 11 is 0. The van der Waals surface area contributed by atoms with Crippen molar-refractivity contribution in [1.29, 1.82) is 0 Å². The van der Waals surface area contributed by atoms with Gasteiger partial charge in [0.05, 0.1) is 12.6 Å². The quantitative estimate of drug-likeness (QED) is 0.736. The predicted molar refractivity (Wildman–Crippen MR) is 106 cm³/mol. The number of aromatic nitrogens is 3. The highest BCUT2D eigenvalue weighted by atomic mass is 16.5. The van der Waals surface area contributed by atoms with Crippen LogP contribution in [0.15, 0.2) is 55.0 Å². The van der Waals surface area contributed by atoms with Crippen molar-refractivity contribution < 1.29 is 9.53 Å². The highest BCUT2D eigenvalue weighted by molar-refractivity contribution is 5.94. The lowest BCUT2D eigenvalue weighted by molar-refractivity contribution is 0.0932. The molecule has 1 aromatic carbocycles. The highest BCUT2D eigenvalue weighted by Gasteiger charge is 2.24. The van der Waals surface area contributed by atoms with Crippen molar-refractivity contribution in [3.05, 3.63) is 71.8 Å². The van der Waals surface area contributed by atoms with E-state index >= 15 is 0 Å². The van der Waals surface area contributed by atoms with Crippen LogP contribution in [0.25, 0.3) is 11.4 Å². The number of benzene rings is 1. The minimum absolute atomic E-state index is 0.0747. The number of rotatable bonds is 5. The van der Waals surface area contributed by atoms with Gasteiger partial charge in [-0.05, 0) is 62.6 Å². The second-order valence-corrected chi connectivity index (χ2v) is 6.71. The van der Waals surface area contributed by atoms with Gasteiger partial charge in [0.1, 0.15) is 5.75 Å². The van der Waals surface area contributed by atoms with E-state index in [4.69, 9.17) is 9.72 Å². The first kappa shape index (κ1) is 18.1. The Labute approximate surface area is 164 Å². The molecule has 1 atom stereocenters. The molecule has 2 heterocycles. The van der Waals surface area contributed by atoms with E-state index in [1.807, 2.05) is 37.4 Å². The molecule has 28 heavy (non-hydrogen) atoms. The second kappa shape index (κ2) is 8.17. The summed E-state index contributed by atoms with van der Waals surface area (Å²) in [5.74, 6) is 1.36. The summed E-state index contributed by atoms with van der Waals surface area (Å²) in [6.07, 6.45) is 8.07. The molecule has 0 radical (unpaired) electrons. The van der Waals surface area contributed by atoms with E-state index in [9.17, 15) is 4.79 Å². The van der Waals surface area contributed by atoms with E-state index in [0.717, 1.165) is 41.8 Å². The van der Waals surface area contributed by atoms with Crippen molar-refractivity contribution in [3.8, 4) is 17.1 Å². The Morgan fingerprint density at radius 2 is 1.96 bits per heavy atom. The Balaban J connectivity index is 1.52. The number of ether oxygens (including phenoxy) is 1. The summed E-state index contributed by atoms with van der Waals surface area (Å²) in [6.45, 7) is 2.54. The lowest BCUT2D eigenvalue weighted by Gasteiger charge is -2.25. The predicted octanol–water partition coefficient (Wildman–Crippen LogP) is 3.74. The van der Waals surface area contributed by atoms with E-state index in [1.165, 1.54) is 0 Å². The maximum absolute atomic E-state index is 12.7. The first-order chi connectivity index (χ1) is 13.7. The Hall–Kier alpha value is -3.28. The monoisotopic (exact) mass is 374 g/mol. The van der Waals surface area contributed by atoms with E-state index in [2.05, 4.69) is 15.3 Å². The first-order valence-electron chi connectivity index (χ1n) is 9.54. The molecule has 1 aliphatic rings. The van der Waals surface area contributed by atoms with Gasteiger partial charge in [-0.3, -0.25) is 9.78 Å². The summed E-state index contributed by atoms with van der Waals surface area (Å²) in [6, 6.07) is 10.9. The Kier molecular flexibility index (Phi) is 5.28. The smallest absolute Gasteiger partial charge is 0.251 e.